The highest BCUT2D eigenvalue weighted by molar-refractivity contribution is 5.16. The van der Waals surface area contributed by atoms with E-state index in [2.05, 4.69) is 24.3 Å². The summed E-state index contributed by atoms with van der Waals surface area (Å²) in [6.07, 6.45) is 1.60. The molecule has 1 nitrogen and oxygen atoms in total. The lowest BCUT2D eigenvalue weighted by Crippen LogP contribution is -1.90. The van der Waals surface area contributed by atoms with Crippen LogP contribution < -0.4 is 0 Å². The van der Waals surface area contributed by atoms with Crippen molar-refractivity contribution in [3.8, 4) is 0 Å². The van der Waals surface area contributed by atoms with Gasteiger partial charge in [0.1, 0.15) is 0 Å². The molecule has 1 aliphatic rings. The molecule has 1 aromatic carbocycles. The summed E-state index contributed by atoms with van der Waals surface area (Å²) >= 11 is 0. The summed E-state index contributed by atoms with van der Waals surface area (Å²) in [6.45, 7) is 0.953. The first-order chi connectivity index (χ1) is 4.95. The Labute approximate surface area is 60.6 Å². The van der Waals surface area contributed by atoms with Gasteiger partial charge in [-0.15, -0.1) is 0 Å². The molecule has 0 unspecified atom stereocenters. The Kier molecular flexibility index (Phi) is 1.44. The number of ether oxygens (including phenoxy) is 1. The minimum absolute atomic E-state index is 0.516. The van der Waals surface area contributed by atoms with Crippen LogP contribution in [0.25, 0.3) is 0 Å². The zero-order valence-electron chi connectivity index (χ0n) is 5.79. The summed E-state index contributed by atoms with van der Waals surface area (Å²) in [5, 5.41) is 0. The predicted molar refractivity (Wildman–Crippen MR) is 39.9 cm³/mol. The maximum Gasteiger partial charge on any atom is 0.0850 e. The zero-order chi connectivity index (χ0) is 6.81. The molecule has 10 heavy (non-hydrogen) atoms. The van der Waals surface area contributed by atoms with Gasteiger partial charge in [0, 0.05) is 6.42 Å². The molecule has 1 heterocycles. The average molecular weight is 134 g/mol. The van der Waals surface area contributed by atoms with Gasteiger partial charge in [-0.3, -0.25) is 0 Å². The third-order valence-corrected chi connectivity index (χ3v) is 1.71. The Bertz CT molecular complexity index is 201. The molecule has 0 aromatic heterocycles. The van der Waals surface area contributed by atoms with Crippen LogP contribution >= 0.6 is 0 Å². The maximum atomic E-state index is 5.11. The van der Waals surface area contributed by atoms with Gasteiger partial charge < -0.3 is 4.74 Å². The first kappa shape index (κ1) is 5.93. The summed E-state index contributed by atoms with van der Waals surface area (Å²) < 4.78 is 5.11. The molecule has 1 aromatic rings. The van der Waals surface area contributed by atoms with E-state index in [-0.39, 0.29) is 0 Å². The van der Waals surface area contributed by atoms with Gasteiger partial charge in [0.15, 0.2) is 0 Å². The van der Waals surface area contributed by atoms with Gasteiger partial charge in [0.2, 0.25) is 0 Å². The highest BCUT2D eigenvalue weighted by Gasteiger charge is 2.21. The molecule has 0 saturated carbocycles. The van der Waals surface area contributed by atoms with Crippen LogP contribution in [0.15, 0.2) is 30.3 Å². The molecule has 0 aliphatic carbocycles. The molecular formula is C9H10O. The van der Waals surface area contributed by atoms with Crippen LogP contribution in [0.3, 0.4) is 0 Å². The van der Waals surface area contributed by atoms with Gasteiger partial charge in [-0.25, -0.2) is 0 Å². The van der Waals surface area contributed by atoms with Gasteiger partial charge >= 0.3 is 0 Å². The second kappa shape index (κ2) is 2.43. The van der Waals surface area contributed by atoms with Crippen LogP contribution in [0, 0.1) is 0 Å². The average Bonchev–Trinajstić information content (AvgIpc) is 2.74. The normalized spacial score (nSPS) is 22.6. The van der Waals surface area contributed by atoms with E-state index >= 15 is 0 Å². The van der Waals surface area contributed by atoms with E-state index in [1.165, 1.54) is 5.56 Å². The van der Waals surface area contributed by atoms with E-state index in [1.54, 1.807) is 0 Å². The summed E-state index contributed by atoms with van der Waals surface area (Å²) in [7, 11) is 0. The van der Waals surface area contributed by atoms with Gasteiger partial charge in [0.05, 0.1) is 12.7 Å². The Morgan fingerprint density at radius 2 is 2.00 bits per heavy atom. The lowest BCUT2D eigenvalue weighted by Gasteiger charge is -1.93. The standard InChI is InChI=1S/C9H10O/c1-2-4-8(5-3-1)6-9-7-10-9/h1-5,9H,6-7H2/t9-/m1/s1. The molecule has 52 valence electrons. The molecule has 1 fully saturated rings. The second-order valence-electron chi connectivity index (χ2n) is 2.65. The molecule has 1 saturated heterocycles. The van der Waals surface area contributed by atoms with Crippen molar-refractivity contribution in [1.29, 1.82) is 0 Å². The Balaban J connectivity index is 2.03. The second-order valence-corrected chi connectivity index (χ2v) is 2.65. The third kappa shape index (κ3) is 1.36. The maximum absolute atomic E-state index is 5.11. The minimum atomic E-state index is 0.516. The number of hydrogen-bond donors (Lipinski definition) is 0. The highest BCUT2D eigenvalue weighted by Crippen LogP contribution is 2.15. The molecule has 1 aliphatic heterocycles. The van der Waals surface area contributed by atoms with Gasteiger partial charge in [-0.1, -0.05) is 30.3 Å². The summed E-state index contributed by atoms with van der Waals surface area (Å²) in [4.78, 5) is 0. The van der Waals surface area contributed by atoms with E-state index in [4.69, 9.17) is 4.74 Å². The molecule has 1 heteroatoms. The van der Waals surface area contributed by atoms with Crippen molar-refractivity contribution in [2.24, 2.45) is 0 Å². The van der Waals surface area contributed by atoms with Crippen molar-refractivity contribution in [3.63, 3.8) is 0 Å². The molecule has 0 bridgehead atoms. The molecular weight excluding hydrogens is 124 g/mol. The largest absolute Gasteiger partial charge is 0.373 e. The summed E-state index contributed by atoms with van der Waals surface area (Å²) in [6, 6.07) is 10.5. The first-order valence-electron chi connectivity index (χ1n) is 3.61. The van der Waals surface area contributed by atoms with E-state index in [0.29, 0.717) is 6.10 Å². The first-order valence-corrected chi connectivity index (χ1v) is 3.61. The SMILES string of the molecule is c1ccc(C[C@@H]2CO2)cc1. The number of epoxide rings is 1. The molecule has 2 rings (SSSR count). The monoisotopic (exact) mass is 134 g/mol. The fourth-order valence-corrected chi connectivity index (χ4v) is 1.06. The van der Waals surface area contributed by atoms with Crippen LogP contribution in [0.4, 0.5) is 0 Å². The van der Waals surface area contributed by atoms with Gasteiger partial charge in [-0.2, -0.15) is 0 Å². The van der Waals surface area contributed by atoms with Crippen molar-refractivity contribution < 1.29 is 4.74 Å². The molecule has 0 N–H and O–H groups in total. The van der Waals surface area contributed by atoms with E-state index in [0.717, 1.165) is 13.0 Å². The Morgan fingerprint density at radius 3 is 2.60 bits per heavy atom. The topological polar surface area (TPSA) is 12.5 Å². The Morgan fingerprint density at radius 1 is 1.30 bits per heavy atom. The van der Waals surface area contributed by atoms with Crippen LogP contribution in [-0.2, 0) is 11.2 Å². The van der Waals surface area contributed by atoms with E-state index in [1.807, 2.05) is 6.07 Å². The van der Waals surface area contributed by atoms with Crippen molar-refractivity contribution >= 4 is 0 Å². The lowest BCUT2D eigenvalue weighted by molar-refractivity contribution is 0.407. The van der Waals surface area contributed by atoms with E-state index in [9.17, 15) is 0 Å². The fraction of sp³-hybridized carbons (Fsp3) is 0.333. The smallest absolute Gasteiger partial charge is 0.0850 e. The van der Waals surface area contributed by atoms with Crippen LogP contribution in [-0.4, -0.2) is 12.7 Å². The van der Waals surface area contributed by atoms with Crippen molar-refractivity contribution in [2.75, 3.05) is 6.61 Å². The molecule has 0 radical (unpaired) electrons. The Hall–Kier alpha value is -0.820. The van der Waals surface area contributed by atoms with Crippen LogP contribution in [0.2, 0.25) is 0 Å². The third-order valence-electron chi connectivity index (χ3n) is 1.71. The predicted octanol–water partition coefficient (Wildman–Crippen LogP) is 1.63. The molecule has 0 spiro atoms. The van der Waals surface area contributed by atoms with Crippen LogP contribution in [0.5, 0.6) is 0 Å². The number of rotatable bonds is 2. The van der Waals surface area contributed by atoms with Crippen molar-refractivity contribution in [3.05, 3.63) is 35.9 Å². The lowest BCUT2D eigenvalue weighted by atomic mass is 10.1. The highest BCUT2D eigenvalue weighted by atomic mass is 16.6. The van der Waals surface area contributed by atoms with Gasteiger partial charge in [0.25, 0.3) is 0 Å². The fourth-order valence-electron chi connectivity index (χ4n) is 1.06. The van der Waals surface area contributed by atoms with Crippen molar-refractivity contribution in [1.82, 2.24) is 0 Å². The quantitative estimate of drug-likeness (QED) is 0.560. The number of hydrogen-bond acceptors (Lipinski definition) is 1. The minimum Gasteiger partial charge on any atom is -0.373 e. The summed E-state index contributed by atoms with van der Waals surface area (Å²) in [5.41, 5.74) is 1.38. The van der Waals surface area contributed by atoms with Gasteiger partial charge in [-0.05, 0) is 5.56 Å². The van der Waals surface area contributed by atoms with Crippen LogP contribution in [0.1, 0.15) is 5.56 Å². The molecule has 1 atom stereocenters. The zero-order valence-corrected chi connectivity index (χ0v) is 5.79. The van der Waals surface area contributed by atoms with Crippen molar-refractivity contribution in [2.45, 2.75) is 12.5 Å². The van der Waals surface area contributed by atoms with E-state index < -0.39 is 0 Å². The molecule has 0 amide bonds. The summed E-state index contributed by atoms with van der Waals surface area (Å²) in [5.74, 6) is 0. The number of benzene rings is 1.